The Labute approximate surface area is 178 Å². The second-order valence-electron chi connectivity index (χ2n) is 9.01. The number of carbonyl (C=O) groups excluding carboxylic acids is 3. The first-order valence-corrected chi connectivity index (χ1v) is 11.2. The van der Waals surface area contributed by atoms with Gasteiger partial charge in [-0.05, 0) is 43.9 Å². The molecule has 2 heterocycles. The lowest BCUT2D eigenvalue weighted by Crippen LogP contribution is -2.40. The van der Waals surface area contributed by atoms with E-state index in [-0.39, 0.29) is 29.6 Å². The van der Waals surface area contributed by atoms with Gasteiger partial charge in [0.15, 0.2) is 0 Å². The zero-order chi connectivity index (χ0) is 21.1. The number of carbonyl (C=O) groups is 3. The molecule has 7 heteroatoms. The van der Waals surface area contributed by atoms with Crippen LogP contribution < -0.4 is 11.1 Å². The van der Waals surface area contributed by atoms with Gasteiger partial charge >= 0.3 is 0 Å². The smallest absolute Gasteiger partial charge is 0.229 e. The van der Waals surface area contributed by atoms with E-state index in [0.29, 0.717) is 32.1 Å². The second-order valence-corrected chi connectivity index (χ2v) is 9.01. The lowest BCUT2D eigenvalue weighted by molar-refractivity contribution is -0.130. The van der Waals surface area contributed by atoms with Crippen molar-refractivity contribution in [3.8, 4) is 0 Å². The molecule has 2 atom stereocenters. The molecule has 3 N–H and O–H groups in total. The summed E-state index contributed by atoms with van der Waals surface area (Å²) in [5.74, 6) is -0.600. The summed E-state index contributed by atoms with van der Waals surface area (Å²) in [6.45, 7) is 2.77. The van der Waals surface area contributed by atoms with Crippen molar-refractivity contribution in [3.63, 3.8) is 0 Å². The van der Waals surface area contributed by atoms with Crippen LogP contribution in [-0.4, -0.2) is 53.2 Å². The van der Waals surface area contributed by atoms with Gasteiger partial charge in [0.05, 0.1) is 11.8 Å². The number of nitrogens with two attached hydrogens (primary N) is 1. The van der Waals surface area contributed by atoms with Crippen LogP contribution in [-0.2, 0) is 20.9 Å². The van der Waals surface area contributed by atoms with Crippen LogP contribution >= 0.6 is 0 Å². The van der Waals surface area contributed by atoms with Crippen molar-refractivity contribution in [2.24, 2.45) is 17.6 Å². The molecule has 0 bridgehead atoms. The normalized spacial score (nSPS) is 25.6. The molecule has 2 saturated heterocycles. The van der Waals surface area contributed by atoms with E-state index in [1.807, 2.05) is 29.2 Å². The van der Waals surface area contributed by atoms with E-state index < -0.39 is 0 Å². The van der Waals surface area contributed by atoms with Crippen LogP contribution in [0.5, 0.6) is 0 Å². The fourth-order valence-electron chi connectivity index (χ4n) is 5.16. The first-order chi connectivity index (χ1) is 14.5. The number of nitrogens with one attached hydrogen (secondary N) is 1. The van der Waals surface area contributed by atoms with Crippen LogP contribution in [0.15, 0.2) is 24.3 Å². The number of piperidine rings is 1. The van der Waals surface area contributed by atoms with Crippen molar-refractivity contribution in [1.82, 2.24) is 9.80 Å². The van der Waals surface area contributed by atoms with E-state index in [1.165, 1.54) is 12.8 Å². The Morgan fingerprint density at radius 2 is 1.80 bits per heavy atom. The summed E-state index contributed by atoms with van der Waals surface area (Å²) in [6, 6.07) is 8.11. The summed E-state index contributed by atoms with van der Waals surface area (Å²) in [4.78, 5) is 41.1. The molecule has 7 nitrogen and oxygen atoms in total. The number of anilines is 1. The maximum Gasteiger partial charge on any atom is 0.229 e. The zero-order valence-corrected chi connectivity index (χ0v) is 17.5. The molecule has 1 aromatic rings. The molecule has 1 aliphatic carbocycles. The van der Waals surface area contributed by atoms with Gasteiger partial charge in [-0.25, -0.2) is 0 Å². The number of hydrogen-bond acceptors (Lipinski definition) is 4. The molecule has 3 aliphatic rings. The van der Waals surface area contributed by atoms with Gasteiger partial charge < -0.3 is 16.0 Å². The van der Waals surface area contributed by atoms with Crippen LogP contribution in [0.2, 0.25) is 0 Å². The Balaban J connectivity index is 1.38. The monoisotopic (exact) mass is 412 g/mol. The lowest BCUT2D eigenvalue weighted by Gasteiger charge is -2.31. The number of rotatable bonds is 6. The minimum Gasteiger partial charge on any atom is -0.369 e. The third-order valence-electron chi connectivity index (χ3n) is 6.87. The van der Waals surface area contributed by atoms with E-state index in [0.717, 1.165) is 43.5 Å². The van der Waals surface area contributed by atoms with Crippen molar-refractivity contribution in [3.05, 3.63) is 29.8 Å². The molecule has 0 spiro atoms. The largest absolute Gasteiger partial charge is 0.369 e. The fraction of sp³-hybridized carbons (Fsp3) is 0.609. The quantitative estimate of drug-likeness (QED) is 0.748. The second kappa shape index (κ2) is 9.16. The van der Waals surface area contributed by atoms with Gasteiger partial charge in [-0.15, -0.1) is 0 Å². The van der Waals surface area contributed by atoms with Gasteiger partial charge in [-0.2, -0.15) is 0 Å². The third-order valence-corrected chi connectivity index (χ3v) is 6.87. The van der Waals surface area contributed by atoms with Crippen molar-refractivity contribution >= 4 is 23.4 Å². The van der Waals surface area contributed by atoms with Crippen LogP contribution in [0.4, 0.5) is 5.69 Å². The molecule has 3 fully saturated rings. The number of primary amides is 1. The highest BCUT2D eigenvalue weighted by Crippen LogP contribution is 2.30. The predicted octanol–water partition coefficient (Wildman–Crippen LogP) is 2.11. The third kappa shape index (κ3) is 4.67. The van der Waals surface area contributed by atoms with Crippen LogP contribution in [0, 0.1) is 11.8 Å². The van der Waals surface area contributed by atoms with E-state index in [4.69, 9.17) is 5.73 Å². The summed E-state index contributed by atoms with van der Waals surface area (Å²) in [5.41, 5.74) is 7.31. The topological polar surface area (TPSA) is 95.7 Å². The van der Waals surface area contributed by atoms with Crippen LogP contribution in [0.1, 0.15) is 50.5 Å². The molecule has 1 saturated carbocycles. The van der Waals surface area contributed by atoms with Gasteiger partial charge in [-0.3, -0.25) is 19.3 Å². The molecule has 0 unspecified atom stereocenters. The molecule has 30 heavy (non-hydrogen) atoms. The van der Waals surface area contributed by atoms with Gasteiger partial charge in [-0.1, -0.05) is 31.0 Å². The summed E-state index contributed by atoms with van der Waals surface area (Å²) >= 11 is 0. The highest BCUT2D eigenvalue weighted by Gasteiger charge is 2.38. The molecule has 2 aliphatic heterocycles. The number of para-hydroxylation sites is 1. The van der Waals surface area contributed by atoms with E-state index in [2.05, 4.69) is 10.2 Å². The van der Waals surface area contributed by atoms with E-state index >= 15 is 0 Å². The Morgan fingerprint density at radius 3 is 2.57 bits per heavy atom. The first-order valence-electron chi connectivity index (χ1n) is 11.2. The molecule has 4 rings (SSSR count). The molecule has 3 amide bonds. The summed E-state index contributed by atoms with van der Waals surface area (Å²) in [6.07, 6.45) is 6.56. The van der Waals surface area contributed by atoms with Gasteiger partial charge in [0.25, 0.3) is 0 Å². The molecule has 0 radical (unpaired) electrons. The Hall–Kier alpha value is -2.41. The minimum absolute atomic E-state index is 0.0787. The van der Waals surface area contributed by atoms with Crippen LogP contribution in [0.3, 0.4) is 0 Å². The molecule has 162 valence electrons. The first kappa shape index (κ1) is 20.8. The number of likely N-dealkylation sites (tertiary alicyclic amines) is 2. The molecular weight excluding hydrogens is 380 g/mol. The Kier molecular flexibility index (Phi) is 6.37. The van der Waals surface area contributed by atoms with Gasteiger partial charge in [0, 0.05) is 37.8 Å². The highest BCUT2D eigenvalue weighted by atomic mass is 16.2. The standard InChI is InChI=1S/C23H32N4O3/c24-22(29)17-7-5-11-26(14-17)13-16-6-1-4-10-20(16)25-23(30)18-12-21(28)27(15-18)19-8-2-3-9-19/h1,4,6,10,17-19H,2-3,5,7-9,11-15H2,(H2,24,29)(H,25,30)/t17-,18+/m0/s1. The number of benzene rings is 1. The average molecular weight is 413 g/mol. The summed E-state index contributed by atoms with van der Waals surface area (Å²) < 4.78 is 0. The van der Waals surface area contributed by atoms with Crippen molar-refractivity contribution < 1.29 is 14.4 Å². The van der Waals surface area contributed by atoms with Crippen molar-refractivity contribution in [2.75, 3.05) is 25.0 Å². The zero-order valence-electron chi connectivity index (χ0n) is 17.5. The maximum absolute atomic E-state index is 12.9. The van der Waals surface area contributed by atoms with Crippen molar-refractivity contribution in [1.29, 1.82) is 0 Å². The highest BCUT2D eigenvalue weighted by molar-refractivity contribution is 5.97. The molecular formula is C23H32N4O3. The number of nitrogens with zero attached hydrogens (tertiary/aromatic N) is 2. The Bertz CT molecular complexity index is 805. The maximum atomic E-state index is 12.9. The predicted molar refractivity (Wildman–Crippen MR) is 114 cm³/mol. The van der Waals surface area contributed by atoms with E-state index in [1.54, 1.807) is 0 Å². The minimum atomic E-state index is -0.291. The molecule has 0 aromatic heterocycles. The summed E-state index contributed by atoms with van der Waals surface area (Å²) in [5, 5.41) is 3.07. The van der Waals surface area contributed by atoms with E-state index in [9.17, 15) is 14.4 Å². The molecule has 1 aromatic carbocycles. The summed E-state index contributed by atoms with van der Waals surface area (Å²) in [7, 11) is 0. The van der Waals surface area contributed by atoms with Crippen LogP contribution in [0.25, 0.3) is 0 Å². The van der Waals surface area contributed by atoms with Gasteiger partial charge in [0.1, 0.15) is 0 Å². The lowest BCUT2D eigenvalue weighted by atomic mass is 9.97. The number of hydrogen-bond donors (Lipinski definition) is 2. The van der Waals surface area contributed by atoms with Crippen molar-refractivity contribution in [2.45, 2.75) is 57.5 Å². The fourth-order valence-corrected chi connectivity index (χ4v) is 5.16. The average Bonchev–Trinajstić information content (AvgIpc) is 3.39. The number of amides is 3. The van der Waals surface area contributed by atoms with Gasteiger partial charge in [0.2, 0.25) is 17.7 Å². The SMILES string of the molecule is NC(=O)[C@H]1CCCN(Cc2ccccc2NC(=O)[C@@H]2CC(=O)N(C3CCCC3)C2)C1. The Morgan fingerprint density at radius 1 is 1.03 bits per heavy atom.